The monoisotopic (exact) mass is 276 g/mol. The molecule has 1 aromatic heterocycles. The quantitative estimate of drug-likeness (QED) is 0.913. The molecule has 4 atom stereocenters. The molecule has 1 saturated heterocycles. The van der Waals surface area contributed by atoms with Gasteiger partial charge in [0.15, 0.2) is 0 Å². The summed E-state index contributed by atoms with van der Waals surface area (Å²) in [6.07, 6.45) is 7.86. The average molecular weight is 276 g/mol. The topological polar surface area (TPSA) is 42.4 Å². The van der Waals surface area contributed by atoms with Crippen molar-refractivity contribution in [2.75, 3.05) is 6.54 Å². The molecule has 0 amide bonds. The van der Waals surface area contributed by atoms with Gasteiger partial charge in [-0.15, -0.1) is 0 Å². The molecule has 1 aromatic rings. The predicted octanol–water partition coefficient (Wildman–Crippen LogP) is 3.63. The van der Waals surface area contributed by atoms with Crippen molar-refractivity contribution in [2.45, 2.75) is 70.5 Å². The molecule has 1 saturated carbocycles. The number of fused-ring (bicyclic) bond motifs is 1. The normalized spacial score (nSPS) is 30.1. The third kappa shape index (κ3) is 2.53. The standard InChI is InChI=1S/C17H28N2O/c1-3-14(18)17(16-10-9-12(2)20-16)19-11-5-7-13-6-4-8-15(13)19/h9-10,13-15,17H,3-8,11,18H2,1-2H3. The summed E-state index contributed by atoms with van der Waals surface area (Å²) < 4.78 is 5.95. The minimum atomic E-state index is 0.167. The SMILES string of the molecule is CCC(N)C(c1ccc(C)o1)N1CCCC2CCCC21. The molecule has 4 unspecified atom stereocenters. The van der Waals surface area contributed by atoms with Crippen LogP contribution in [0.25, 0.3) is 0 Å². The van der Waals surface area contributed by atoms with Crippen LogP contribution in [0.1, 0.15) is 63.0 Å². The maximum Gasteiger partial charge on any atom is 0.122 e. The lowest BCUT2D eigenvalue weighted by atomic mass is 9.88. The Bertz CT molecular complexity index is 442. The molecule has 112 valence electrons. The van der Waals surface area contributed by atoms with Gasteiger partial charge in [0.2, 0.25) is 0 Å². The Morgan fingerprint density at radius 2 is 2.10 bits per heavy atom. The Labute approximate surface area is 122 Å². The first-order valence-electron chi connectivity index (χ1n) is 8.28. The number of hydrogen-bond acceptors (Lipinski definition) is 3. The Morgan fingerprint density at radius 3 is 2.80 bits per heavy atom. The highest BCUT2D eigenvalue weighted by Crippen LogP contribution is 2.42. The van der Waals surface area contributed by atoms with Crippen molar-refractivity contribution in [2.24, 2.45) is 11.7 Å². The molecule has 1 aliphatic carbocycles. The van der Waals surface area contributed by atoms with E-state index in [4.69, 9.17) is 10.2 Å². The van der Waals surface area contributed by atoms with Gasteiger partial charge in [0.05, 0.1) is 6.04 Å². The van der Waals surface area contributed by atoms with E-state index in [2.05, 4.69) is 24.0 Å². The maximum absolute atomic E-state index is 6.47. The summed E-state index contributed by atoms with van der Waals surface area (Å²) in [4.78, 5) is 2.67. The largest absolute Gasteiger partial charge is 0.465 e. The Balaban J connectivity index is 1.88. The van der Waals surface area contributed by atoms with E-state index in [1.165, 1.54) is 38.6 Å². The highest BCUT2D eigenvalue weighted by Gasteiger charge is 2.41. The van der Waals surface area contributed by atoms with Crippen LogP contribution in [-0.2, 0) is 0 Å². The first-order chi connectivity index (χ1) is 9.70. The smallest absolute Gasteiger partial charge is 0.122 e. The molecule has 20 heavy (non-hydrogen) atoms. The molecule has 2 aliphatic rings. The summed E-state index contributed by atoms with van der Waals surface area (Å²) >= 11 is 0. The molecule has 2 fully saturated rings. The van der Waals surface area contributed by atoms with Crippen LogP contribution < -0.4 is 5.73 Å². The molecule has 3 nitrogen and oxygen atoms in total. The summed E-state index contributed by atoms with van der Waals surface area (Å²) in [5, 5.41) is 0. The van der Waals surface area contributed by atoms with Gasteiger partial charge in [-0.2, -0.15) is 0 Å². The second kappa shape index (κ2) is 5.90. The number of likely N-dealkylation sites (tertiary alicyclic amines) is 1. The van der Waals surface area contributed by atoms with E-state index < -0.39 is 0 Å². The van der Waals surface area contributed by atoms with Crippen molar-refractivity contribution in [3.8, 4) is 0 Å². The molecular weight excluding hydrogens is 248 g/mol. The zero-order valence-corrected chi connectivity index (χ0v) is 12.8. The second-order valence-corrected chi connectivity index (χ2v) is 6.60. The number of rotatable bonds is 4. The van der Waals surface area contributed by atoms with Crippen molar-refractivity contribution < 1.29 is 4.42 Å². The highest BCUT2D eigenvalue weighted by molar-refractivity contribution is 5.13. The molecule has 0 spiro atoms. The van der Waals surface area contributed by atoms with Gasteiger partial charge >= 0.3 is 0 Å². The maximum atomic E-state index is 6.47. The average Bonchev–Trinajstić information content (AvgIpc) is 3.08. The third-order valence-corrected chi connectivity index (χ3v) is 5.32. The number of nitrogens with zero attached hydrogens (tertiary/aromatic N) is 1. The minimum absolute atomic E-state index is 0.167. The van der Waals surface area contributed by atoms with Crippen LogP contribution in [0.3, 0.4) is 0 Å². The van der Waals surface area contributed by atoms with Crippen LogP contribution in [0, 0.1) is 12.8 Å². The Kier molecular flexibility index (Phi) is 4.18. The van der Waals surface area contributed by atoms with Crippen LogP contribution in [-0.4, -0.2) is 23.5 Å². The summed E-state index contributed by atoms with van der Waals surface area (Å²) in [5.74, 6) is 2.96. The van der Waals surface area contributed by atoms with Crippen molar-refractivity contribution in [1.82, 2.24) is 4.90 Å². The number of hydrogen-bond donors (Lipinski definition) is 1. The highest BCUT2D eigenvalue weighted by atomic mass is 16.3. The second-order valence-electron chi connectivity index (χ2n) is 6.60. The molecule has 3 heteroatoms. The van der Waals surface area contributed by atoms with Crippen LogP contribution in [0.4, 0.5) is 0 Å². The van der Waals surface area contributed by atoms with Gasteiger partial charge in [-0.1, -0.05) is 13.3 Å². The van der Waals surface area contributed by atoms with Gasteiger partial charge in [-0.3, -0.25) is 4.90 Å². The van der Waals surface area contributed by atoms with E-state index in [1.807, 2.05) is 6.92 Å². The Hall–Kier alpha value is -0.800. The number of furan rings is 1. The fourth-order valence-electron chi connectivity index (χ4n) is 4.29. The first-order valence-corrected chi connectivity index (χ1v) is 8.28. The van der Waals surface area contributed by atoms with Crippen LogP contribution >= 0.6 is 0 Å². The lowest BCUT2D eigenvalue weighted by Gasteiger charge is -2.44. The van der Waals surface area contributed by atoms with Crippen molar-refractivity contribution in [3.63, 3.8) is 0 Å². The molecule has 3 rings (SSSR count). The Morgan fingerprint density at radius 1 is 1.30 bits per heavy atom. The zero-order chi connectivity index (χ0) is 14.1. The number of piperidine rings is 1. The molecule has 2 N–H and O–H groups in total. The van der Waals surface area contributed by atoms with Crippen molar-refractivity contribution >= 4 is 0 Å². The number of nitrogens with two attached hydrogens (primary N) is 1. The van der Waals surface area contributed by atoms with E-state index in [-0.39, 0.29) is 12.1 Å². The minimum Gasteiger partial charge on any atom is -0.465 e. The summed E-state index contributed by atoms with van der Waals surface area (Å²) in [5.41, 5.74) is 6.47. The van der Waals surface area contributed by atoms with E-state index in [0.717, 1.165) is 29.9 Å². The lowest BCUT2D eigenvalue weighted by Crippen LogP contribution is -2.50. The first kappa shape index (κ1) is 14.2. The van der Waals surface area contributed by atoms with Crippen molar-refractivity contribution in [3.05, 3.63) is 23.7 Å². The predicted molar refractivity (Wildman–Crippen MR) is 81.5 cm³/mol. The van der Waals surface area contributed by atoms with E-state index >= 15 is 0 Å². The van der Waals surface area contributed by atoms with Gasteiger partial charge in [0.1, 0.15) is 11.5 Å². The summed E-state index contributed by atoms with van der Waals surface area (Å²) in [6, 6.07) is 5.37. The third-order valence-electron chi connectivity index (χ3n) is 5.32. The van der Waals surface area contributed by atoms with Crippen LogP contribution in [0.15, 0.2) is 16.5 Å². The number of aryl methyl sites for hydroxylation is 1. The molecule has 2 heterocycles. The van der Waals surface area contributed by atoms with Gasteiger partial charge < -0.3 is 10.2 Å². The van der Waals surface area contributed by atoms with E-state index in [9.17, 15) is 0 Å². The van der Waals surface area contributed by atoms with Gasteiger partial charge in [-0.05, 0) is 63.6 Å². The zero-order valence-electron chi connectivity index (χ0n) is 12.8. The molecule has 0 bridgehead atoms. The summed E-state index contributed by atoms with van der Waals surface area (Å²) in [7, 11) is 0. The van der Waals surface area contributed by atoms with Gasteiger partial charge in [0.25, 0.3) is 0 Å². The van der Waals surface area contributed by atoms with Crippen molar-refractivity contribution in [1.29, 1.82) is 0 Å². The molecule has 1 aliphatic heterocycles. The lowest BCUT2D eigenvalue weighted by molar-refractivity contribution is 0.0433. The molecule has 0 radical (unpaired) electrons. The molecular formula is C17H28N2O. The van der Waals surface area contributed by atoms with E-state index in [1.54, 1.807) is 0 Å². The van der Waals surface area contributed by atoms with E-state index in [0.29, 0.717) is 0 Å². The van der Waals surface area contributed by atoms with Crippen LogP contribution in [0.2, 0.25) is 0 Å². The van der Waals surface area contributed by atoms with Gasteiger partial charge in [0, 0.05) is 12.1 Å². The fourth-order valence-corrected chi connectivity index (χ4v) is 4.29. The summed E-state index contributed by atoms with van der Waals surface area (Å²) in [6.45, 7) is 5.38. The fraction of sp³-hybridized carbons (Fsp3) is 0.765. The van der Waals surface area contributed by atoms with Crippen LogP contribution in [0.5, 0.6) is 0 Å². The van der Waals surface area contributed by atoms with Gasteiger partial charge in [-0.25, -0.2) is 0 Å². The molecule has 0 aromatic carbocycles.